The Balaban J connectivity index is 3.45. The van der Waals surface area contributed by atoms with Crippen LogP contribution in [0.3, 0.4) is 0 Å². The minimum atomic E-state index is 0.361. The molecule has 1 unspecified atom stereocenters. The molecular weight excluding hydrogens is 306 g/mol. The first-order chi connectivity index (χ1) is 8.97. The minimum absolute atomic E-state index is 0.361. The molecule has 4 heteroatoms. The van der Waals surface area contributed by atoms with Gasteiger partial charge in [0.15, 0.2) is 0 Å². The standard InChI is InChI=1S/C15H24BrNO2/c1-9(2)11-8-12(10(3)6-7-17)15(19-5)13(16)14(11)18-4/h8-10H,6-7,17H2,1-5H3. The van der Waals surface area contributed by atoms with Crippen LogP contribution in [0.1, 0.15) is 50.2 Å². The zero-order valence-electron chi connectivity index (χ0n) is 12.4. The van der Waals surface area contributed by atoms with Gasteiger partial charge < -0.3 is 15.2 Å². The summed E-state index contributed by atoms with van der Waals surface area (Å²) in [6.07, 6.45) is 0.937. The van der Waals surface area contributed by atoms with E-state index in [9.17, 15) is 0 Å². The normalized spacial score (nSPS) is 12.6. The number of halogens is 1. The van der Waals surface area contributed by atoms with Crippen LogP contribution in [0.15, 0.2) is 10.5 Å². The van der Waals surface area contributed by atoms with Crippen LogP contribution in [-0.2, 0) is 0 Å². The maximum absolute atomic E-state index is 5.67. The van der Waals surface area contributed by atoms with E-state index in [-0.39, 0.29) is 0 Å². The van der Waals surface area contributed by atoms with E-state index in [4.69, 9.17) is 15.2 Å². The maximum atomic E-state index is 5.67. The Morgan fingerprint density at radius 1 is 1.11 bits per heavy atom. The molecule has 0 saturated heterocycles. The van der Waals surface area contributed by atoms with Gasteiger partial charge in [0, 0.05) is 0 Å². The molecule has 0 saturated carbocycles. The lowest BCUT2D eigenvalue weighted by molar-refractivity contribution is 0.379. The van der Waals surface area contributed by atoms with Crippen molar-refractivity contribution < 1.29 is 9.47 Å². The highest BCUT2D eigenvalue weighted by Gasteiger charge is 2.22. The maximum Gasteiger partial charge on any atom is 0.140 e. The molecule has 0 heterocycles. The minimum Gasteiger partial charge on any atom is -0.495 e. The fourth-order valence-electron chi connectivity index (χ4n) is 2.27. The molecule has 0 amide bonds. The third kappa shape index (κ3) is 3.42. The number of hydrogen-bond acceptors (Lipinski definition) is 3. The highest BCUT2D eigenvalue weighted by Crippen LogP contribution is 2.45. The van der Waals surface area contributed by atoms with E-state index in [0.717, 1.165) is 22.4 Å². The summed E-state index contributed by atoms with van der Waals surface area (Å²) in [5, 5.41) is 0. The molecule has 0 bridgehead atoms. The van der Waals surface area contributed by atoms with E-state index in [1.54, 1.807) is 14.2 Å². The molecule has 0 aliphatic carbocycles. The molecule has 1 aromatic carbocycles. The summed E-state index contributed by atoms with van der Waals surface area (Å²) in [6.45, 7) is 7.17. The Hall–Kier alpha value is -0.740. The topological polar surface area (TPSA) is 44.5 Å². The zero-order valence-corrected chi connectivity index (χ0v) is 14.0. The van der Waals surface area contributed by atoms with Crippen LogP contribution in [0.25, 0.3) is 0 Å². The van der Waals surface area contributed by atoms with Crippen molar-refractivity contribution in [2.45, 2.75) is 39.0 Å². The van der Waals surface area contributed by atoms with Gasteiger partial charge in [-0.2, -0.15) is 0 Å². The molecule has 108 valence electrons. The SMILES string of the molecule is COc1c(C(C)C)cc(C(C)CCN)c(OC)c1Br. The van der Waals surface area contributed by atoms with Crippen LogP contribution in [0, 0.1) is 0 Å². The van der Waals surface area contributed by atoms with Crippen LogP contribution in [-0.4, -0.2) is 20.8 Å². The second-order valence-corrected chi connectivity index (χ2v) is 5.86. The van der Waals surface area contributed by atoms with Gasteiger partial charge in [-0.3, -0.25) is 0 Å². The predicted octanol–water partition coefficient (Wildman–Crippen LogP) is 4.04. The van der Waals surface area contributed by atoms with Crippen molar-refractivity contribution in [3.05, 3.63) is 21.7 Å². The molecule has 0 spiro atoms. The van der Waals surface area contributed by atoms with Crippen molar-refractivity contribution in [3.8, 4) is 11.5 Å². The zero-order chi connectivity index (χ0) is 14.6. The third-order valence-corrected chi connectivity index (χ3v) is 4.12. The first kappa shape index (κ1) is 16.3. The summed E-state index contributed by atoms with van der Waals surface area (Å²) in [5.74, 6) is 2.46. The van der Waals surface area contributed by atoms with E-state index in [0.29, 0.717) is 18.4 Å². The summed E-state index contributed by atoms with van der Waals surface area (Å²) < 4.78 is 12.0. The first-order valence-corrected chi connectivity index (χ1v) is 7.41. The average Bonchev–Trinajstić information content (AvgIpc) is 2.37. The lowest BCUT2D eigenvalue weighted by Gasteiger charge is -2.22. The Labute approximate surface area is 124 Å². The Bertz CT molecular complexity index is 433. The highest BCUT2D eigenvalue weighted by molar-refractivity contribution is 9.10. The van der Waals surface area contributed by atoms with Crippen LogP contribution in [0.2, 0.25) is 0 Å². The molecule has 0 aromatic heterocycles. The summed E-state index contributed by atoms with van der Waals surface area (Å²) >= 11 is 3.61. The number of rotatable bonds is 6. The van der Waals surface area contributed by atoms with Gasteiger partial charge in [-0.05, 0) is 57.9 Å². The van der Waals surface area contributed by atoms with Gasteiger partial charge in [0.05, 0.1) is 14.2 Å². The van der Waals surface area contributed by atoms with Gasteiger partial charge in [-0.1, -0.05) is 20.8 Å². The van der Waals surface area contributed by atoms with Gasteiger partial charge in [0.25, 0.3) is 0 Å². The van der Waals surface area contributed by atoms with Crippen molar-refractivity contribution in [3.63, 3.8) is 0 Å². The van der Waals surface area contributed by atoms with Crippen molar-refractivity contribution in [2.24, 2.45) is 5.73 Å². The fraction of sp³-hybridized carbons (Fsp3) is 0.600. The molecule has 19 heavy (non-hydrogen) atoms. The number of methoxy groups -OCH3 is 2. The fourth-order valence-corrected chi connectivity index (χ4v) is 3.05. The third-order valence-electron chi connectivity index (χ3n) is 3.39. The second-order valence-electron chi connectivity index (χ2n) is 5.07. The van der Waals surface area contributed by atoms with E-state index >= 15 is 0 Å². The smallest absolute Gasteiger partial charge is 0.140 e. The Morgan fingerprint density at radius 2 is 1.63 bits per heavy atom. The summed E-state index contributed by atoms with van der Waals surface area (Å²) in [6, 6.07) is 2.19. The predicted molar refractivity (Wildman–Crippen MR) is 83.4 cm³/mol. The van der Waals surface area contributed by atoms with Crippen molar-refractivity contribution in [1.29, 1.82) is 0 Å². The highest BCUT2D eigenvalue weighted by atomic mass is 79.9. The number of benzene rings is 1. The molecule has 1 aromatic rings. The molecular formula is C15H24BrNO2. The average molecular weight is 330 g/mol. The summed E-state index contributed by atoms with van der Waals surface area (Å²) in [4.78, 5) is 0. The van der Waals surface area contributed by atoms with Crippen LogP contribution >= 0.6 is 15.9 Å². The first-order valence-electron chi connectivity index (χ1n) is 6.62. The van der Waals surface area contributed by atoms with Crippen molar-refractivity contribution >= 4 is 15.9 Å². The molecule has 1 rings (SSSR count). The monoisotopic (exact) mass is 329 g/mol. The molecule has 2 N–H and O–H groups in total. The second kappa shape index (κ2) is 7.15. The number of hydrogen-bond donors (Lipinski definition) is 1. The van der Waals surface area contributed by atoms with E-state index < -0.39 is 0 Å². The molecule has 0 fully saturated rings. The van der Waals surface area contributed by atoms with Crippen LogP contribution in [0.5, 0.6) is 11.5 Å². The molecule has 3 nitrogen and oxygen atoms in total. The van der Waals surface area contributed by atoms with Crippen LogP contribution in [0.4, 0.5) is 0 Å². The van der Waals surface area contributed by atoms with Crippen molar-refractivity contribution in [1.82, 2.24) is 0 Å². The number of ether oxygens (including phenoxy) is 2. The van der Waals surface area contributed by atoms with Gasteiger partial charge >= 0.3 is 0 Å². The van der Waals surface area contributed by atoms with Gasteiger partial charge in [0.1, 0.15) is 16.0 Å². The molecule has 1 atom stereocenters. The quantitative estimate of drug-likeness (QED) is 0.856. The molecule has 0 aliphatic rings. The van der Waals surface area contributed by atoms with Gasteiger partial charge in [0.2, 0.25) is 0 Å². The summed E-state index contributed by atoms with van der Waals surface area (Å²) in [7, 11) is 3.38. The Kier molecular flexibility index (Phi) is 6.14. The Morgan fingerprint density at radius 3 is 2.05 bits per heavy atom. The van der Waals surface area contributed by atoms with Crippen LogP contribution < -0.4 is 15.2 Å². The largest absolute Gasteiger partial charge is 0.495 e. The van der Waals surface area contributed by atoms with E-state index in [1.807, 2.05) is 0 Å². The lowest BCUT2D eigenvalue weighted by atomic mass is 9.91. The lowest BCUT2D eigenvalue weighted by Crippen LogP contribution is -2.08. The van der Waals surface area contributed by atoms with Crippen molar-refractivity contribution in [2.75, 3.05) is 20.8 Å². The molecule has 0 radical (unpaired) electrons. The van der Waals surface area contributed by atoms with E-state index in [2.05, 4.69) is 42.8 Å². The number of nitrogens with two attached hydrogens (primary N) is 1. The van der Waals surface area contributed by atoms with Gasteiger partial charge in [-0.25, -0.2) is 0 Å². The van der Waals surface area contributed by atoms with E-state index in [1.165, 1.54) is 11.1 Å². The summed E-state index contributed by atoms with van der Waals surface area (Å²) in [5.41, 5.74) is 8.05. The molecule has 0 aliphatic heterocycles. The van der Waals surface area contributed by atoms with Gasteiger partial charge in [-0.15, -0.1) is 0 Å².